The van der Waals surface area contributed by atoms with Gasteiger partial charge >= 0.3 is 7.82 Å². The highest BCUT2D eigenvalue weighted by molar-refractivity contribution is 7.48. The molecule has 0 amide bonds. The number of hydrogen-bond donors (Lipinski definition) is 0. The number of nitrogens with zero attached hydrogens (tertiary/aromatic N) is 2. The fourth-order valence-corrected chi connectivity index (χ4v) is 3.24. The van der Waals surface area contributed by atoms with Crippen molar-refractivity contribution in [3.63, 3.8) is 0 Å². The average molecular weight is 408 g/mol. The maximum atomic E-state index is 12.5. The first-order valence-corrected chi connectivity index (χ1v) is 11.0. The van der Waals surface area contributed by atoms with Crippen molar-refractivity contribution in [1.82, 2.24) is 0 Å². The van der Waals surface area contributed by atoms with Crippen molar-refractivity contribution >= 4 is 7.82 Å². The number of nitriles is 2. The van der Waals surface area contributed by atoms with Gasteiger partial charge in [-0.3, -0.25) is 13.6 Å². The van der Waals surface area contributed by atoms with Gasteiger partial charge in [-0.2, -0.15) is 10.5 Å². The van der Waals surface area contributed by atoms with Crippen molar-refractivity contribution in [2.24, 2.45) is 0 Å². The monoisotopic (exact) mass is 408 g/mol. The molecule has 0 saturated carbocycles. The van der Waals surface area contributed by atoms with Crippen LogP contribution in [-0.4, -0.2) is 19.8 Å². The van der Waals surface area contributed by atoms with Crippen molar-refractivity contribution in [1.29, 1.82) is 10.5 Å². The Kier molecular flexibility index (Phi) is 15.3. The van der Waals surface area contributed by atoms with Crippen LogP contribution in [0.3, 0.4) is 0 Å². The van der Waals surface area contributed by atoms with Gasteiger partial charge in [-0.1, -0.05) is 34.9 Å². The molecule has 0 radical (unpaired) electrons. The summed E-state index contributed by atoms with van der Waals surface area (Å²) >= 11 is 0. The molecule has 0 unspecified atom stereocenters. The lowest BCUT2D eigenvalue weighted by molar-refractivity contribution is 0.125. The second kappa shape index (κ2) is 16.3. The summed E-state index contributed by atoms with van der Waals surface area (Å²) < 4.78 is 28.0. The van der Waals surface area contributed by atoms with Crippen LogP contribution in [0.25, 0.3) is 0 Å². The highest BCUT2D eigenvalue weighted by atomic mass is 31.2. The van der Waals surface area contributed by atoms with Gasteiger partial charge in [-0.05, 0) is 53.4 Å². The number of hydrogen-bond acceptors (Lipinski definition) is 6. The predicted molar refractivity (Wildman–Crippen MR) is 111 cm³/mol. The van der Waals surface area contributed by atoms with Gasteiger partial charge in [-0.15, -0.1) is 0 Å². The Labute approximate surface area is 170 Å². The lowest BCUT2D eigenvalue weighted by atomic mass is 10.1. The van der Waals surface area contributed by atoms with E-state index in [1.807, 2.05) is 25.1 Å². The Balaban J connectivity index is 4.40. The number of phosphoric ester groups is 1. The average Bonchev–Trinajstić information content (AvgIpc) is 2.62. The van der Waals surface area contributed by atoms with Crippen LogP contribution in [0.15, 0.2) is 34.9 Å². The summed E-state index contributed by atoms with van der Waals surface area (Å²) in [7, 11) is -3.76. The van der Waals surface area contributed by atoms with Crippen molar-refractivity contribution in [2.45, 2.75) is 66.2 Å². The van der Waals surface area contributed by atoms with Gasteiger partial charge in [0.15, 0.2) is 0 Å². The van der Waals surface area contributed by atoms with Crippen LogP contribution < -0.4 is 0 Å². The number of phosphoric acid groups is 1. The third kappa shape index (κ3) is 15.4. The molecule has 28 heavy (non-hydrogen) atoms. The fourth-order valence-electron chi connectivity index (χ4n) is 2.13. The van der Waals surface area contributed by atoms with Crippen molar-refractivity contribution in [3.05, 3.63) is 34.9 Å². The molecule has 0 aromatic rings. The number of allylic oxidation sites excluding steroid dienone is 5. The first kappa shape index (κ1) is 26.3. The van der Waals surface area contributed by atoms with Crippen LogP contribution in [-0.2, 0) is 18.1 Å². The molecule has 0 N–H and O–H groups in total. The number of rotatable bonds is 15. The molecule has 0 aliphatic carbocycles. The van der Waals surface area contributed by atoms with Crippen molar-refractivity contribution in [2.75, 3.05) is 19.8 Å². The topological polar surface area (TPSA) is 92.3 Å². The second-order valence-corrected chi connectivity index (χ2v) is 8.35. The smallest absolute Gasteiger partial charge is 0.286 e. The van der Waals surface area contributed by atoms with E-state index in [4.69, 9.17) is 24.1 Å². The van der Waals surface area contributed by atoms with Crippen LogP contribution in [0.5, 0.6) is 0 Å². The molecule has 0 aromatic carbocycles. The van der Waals surface area contributed by atoms with E-state index in [0.717, 1.165) is 31.3 Å². The van der Waals surface area contributed by atoms with E-state index in [9.17, 15) is 4.57 Å². The maximum absolute atomic E-state index is 12.5. The zero-order chi connectivity index (χ0) is 21.3. The van der Waals surface area contributed by atoms with E-state index in [1.165, 1.54) is 11.1 Å². The molecule has 0 heterocycles. The minimum Gasteiger partial charge on any atom is -0.286 e. The lowest BCUT2D eigenvalue weighted by Crippen LogP contribution is -2.03. The van der Waals surface area contributed by atoms with Gasteiger partial charge in [0.25, 0.3) is 0 Å². The first-order valence-electron chi connectivity index (χ1n) is 9.55. The largest absolute Gasteiger partial charge is 0.475 e. The van der Waals surface area contributed by atoms with Crippen LogP contribution >= 0.6 is 7.82 Å². The molecule has 7 heteroatoms. The first-order chi connectivity index (χ1) is 13.3. The predicted octanol–water partition coefficient (Wildman–Crippen LogP) is 6.39. The van der Waals surface area contributed by atoms with Crippen LogP contribution in [0.1, 0.15) is 66.2 Å². The molecule has 0 saturated heterocycles. The third-order valence-electron chi connectivity index (χ3n) is 3.71. The molecule has 0 bridgehead atoms. The molecule has 0 aromatic heterocycles. The summed E-state index contributed by atoms with van der Waals surface area (Å²) in [6.45, 7) is 8.36. The minimum atomic E-state index is -3.76. The Hall–Kier alpha value is -1.69. The zero-order valence-corrected chi connectivity index (χ0v) is 18.5. The fraction of sp³-hybridized carbons (Fsp3) is 0.619. The van der Waals surface area contributed by atoms with E-state index in [-0.39, 0.29) is 32.7 Å². The SMILES string of the molecule is CC(C)=CCC/C(C)=C/CC/C(C)=C/COP(=O)(OCCC#N)OCCC#N. The Morgan fingerprint density at radius 2 is 1.32 bits per heavy atom. The normalized spacial score (nSPS) is 12.4. The molecule has 0 fully saturated rings. The molecule has 6 nitrogen and oxygen atoms in total. The summed E-state index contributed by atoms with van der Waals surface area (Å²) in [4.78, 5) is 0. The van der Waals surface area contributed by atoms with Crippen molar-refractivity contribution in [3.8, 4) is 12.1 Å². The van der Waals surface area contributed by atoms with Gasteiger partial charge in [-0.25, -0.2) is 4.57 Å². The van der Waals surface area contributed by atoms with E-state index >= 15 is 0 Å². The highest BCUT2D eigenvalue weighted by Crippen LogP contribution is 2.49. The van der Waals surface area contributed by atoms with Crippen molar-refractivity contribution < 1.29 is 18.1 Å². The van der Waals surface area contributed by atoms with E-state index in [0.29, 0.717) is 0 Å². The highest BCUT2D eigenvalue weighted by Gasteiger charge is 2.25. The van der Waals surface area contributed by atoms with Crippen LogP contribution in [0, 0.1) is 22.7 Å². The molecule has 156 valence electrons. The molecular weight excluding hydrogens is 375 g/mol. The summed E-state index contributed by atoms with van der Waals surface area (Å²) in [6.07, 6.45) is 10.5. The van der Waals surface area contributed by atoms with Gasteiger partial charge in [0.05, 0.1) is 44.8 Å². The van der Waals surface area contributed by atoms with Gasteiger partial charge in [0.1, 0.15) is 0 Å². The second-order valence-electron chi connectivity index (χ2n) is 6.69. The van der Waals surface area contributed by atoms with E-state index < -0.39 is 7.82 Å². The van der Waals surface area contributed by atoms with Gasteiger partial charge < -0.3 is 0 Å². The van der Waals surface area contributed by atoms with Crippen LogP contribution in [0.2, 0.25) is 0 Å². The molecular formula is C21H33N2O4P. The summed E-state index contributed by atoms with van der Waals surface area (Å²) in [5.74, 6) is 0. The lowest BCUT2D eigenvalue weighted by Gasteiger charge is -2.16. The van der Waals surface area contributed by atoms with Crippen LogP contribution in [0.4, 0.5) is 0 Å². The molecule has 0 atom stereocenters. The molecule has 0 spiro atoms. The van der Waals surface area contributed by atoms with E-state index in [2.05, 4.69) is 32.9 Å². The molecule has 0 rings (SSSR count). The summed E-state index contributed by atoms with van der Waals surface area (Å²) in [5, 5.41) is 17.1. The maximum Gasteiger partial charge on any atom is 0.475 e. The summed E-state index contributed by atoms with van der Waals surface area (Å²) in [5.41, 5.74) is 3.84. The Morgan fingerprint density at radius 3 is 1.82 bits per heavy atom. The molecule has 0 aliphatic rings. The zero-order valence-electron chi connectivity index (χ0n) is 17.6. The summed E-state index contributed by atoms with van der Waals surface area (Å²) in [6, 6.07) is 3.80. The molecule has 0 aliphatic heterocycles. The van der Waals surface area contributed by atoms with E-state index in [1.54, 1.807) is 0 Å². The Bertz CT molecular complexity index is 641. The Morgan fingerprint density at radius 1 is 0.821 bits per heavy atom. The third-order valence-corrected chi connectivity index (χ3v) is 5.18. The standard InChI is InChI=1S/C21H33N2O4P/c1-19(2)9-5-10-20(3)11-6-12-21(4)13-18-27-28(24,25-16-7-14-22)26-17-8-15-23/h9,11,13H,5-8,10,12,16-18H2,1-4H3/b20-11+,21-13+. The quantitative estimate of drug-likeness (QED) is 0.177. The minimum absolute atomic E-state index is 0.0418. The van der Waals surface area contributed by atoms with Gasteiger partial charge in [0.2, 0.25) is 0 Å². The van der Waals surface area contributed by atoms with Gasteiger partial charge in [0, 0.05) is 0 Å².